The first-order chi connectivity index (χ1) is 8.54. The number of hydrogen-bond donors (Lipinski definition) is 1. The molecule has 0 fully saturated rings. The van der Waals surface area contributed by atoms with Gasteiger partial charge in [-0.1, -0.05) is 6.07 Å². The van der Waals surface area contributed by atoms with Crippen LogP contribution in [0.5, 0.6) is 5.75 Å². The Kier molecular flexibility index (Phi) is 3.23. The molecule has 0 spiro atoms. The number of carbonyl (C=O) groups excluding carboxylic acids is 1. The quantitative estimate of drug-likeness (QED) is 0.864. The molecule has 2 rings (SSSR count). The highest BCUT2D eigenvalue weighted by atomic mass is 16.5. The summed E-state index contributed by atoms with van der Waals surface area (Å²) in [6.45, 7) is 1.90. The first kappa shape index (κ1) is 12.4. The minimum Gasteiger partial charge on any atom is -0.497 e. The average Bonchev–Trinajstić information content (AvgIpc) is 2.36. The molecule has 1 atom stereocenters. The van der Waals surface area contributed by atoms with Gasteiger partial charge in [0.25, 0.3) is 0 Å². The lowest BCUT2D eigenvalue weighted by atomic mass is 9.90. The smallest absolute Gasteiger partial charge is 0.311 e. The SMILES string of the molecule is COc1ccc2c(c1)N(C(C)=O)CCC2C(=O)O. The van der Waals surface area contributed by atoms with Gasteiger partial charge in [-0.3, -0.25) is 9.59 Å². The van der Waals surface area contributed by atoms with Crippen LogP contribution >= 0.6 is 0 Å². The fourth-order valence-corrected chi connectivity index (χ4v) is 2.30. The zero-order valence-corrected chi connectivity index (χ0v) is 10.3. The highest BCUT2D eigenvalue weighted by molar-refractivity contribution is 5.95. The molecule has 1 N–H and O–H groups in total. The van der Waals surface area contributed by atoms with E-state index in [1.807, 2.05) is 0 Å². The summed E-state index contributed by atoms with van der Waals surface area (Å²) in [6.07, 6.45) is 0.439. The number of amides is 1. The van der Waals surface area contributed by atoms with E-state index < -0.39 is 11.9 Å². The molecule has 5 heteroatoms. The molecular weight excluding hydrogens is 234 g/mol. The van der Waals surface area contributed by atoms with Gasteiger partial charge in [0.1, 0.15) is 5.75 Å². The van der Waals surface area contributed by atoms with Crippen LogP contribution in [0.3, 0.4) is 0 Å². The van der Waals surface area contributed by atoms with Crippen LogP contribution in [-0.2, 0) is 9.59 Å². The van der Waals surface area contributed by atoms with E-state index in [4.69, 9.17) is 4.74 Å². The molecule has 0 saturated heterocycles. The van der Waals surface area contributed by atoms with Gasteiger partial charge in [-0.15, -0.1) is 0 Å². The molecule has 1 aromatic carbocycles. The number of anilines is 1. The van der Waals surface area contributed by atoms with Crippen LogP contribution in [-0.4, -0.2) is 30.6 Å². The lowest BCUT2D eigenvalue weighted by Crippen LogP contribution is -2.36. The van der Waals surface area contributed by atoms with E-state index in [1.165, 1.54) is 14.0 Å². The maximum atomic E-state index is 11.6. The number of aliphatic carboxylic acids is 1. The third kappa shape index (κ3) is 2.03. The van der Waals surface area contributed by atoms with E-state index in [9.17, 15) is 14.7 Å². The predicted molar refractivity (Wildman–Crippen MR) is 66.0 cm³/mol. The largest absolute Gasteiger partial charge is 0.497 e. The number of fused-ring (bicyclic) bond motifs is 1. The Morgan fingerprint density at radius 3 is 2.72 bits per heavy atom. The average molecular weight is 249 g/mol. The monoisotopic (exact) mass is 249 g/mol. The second-order valence-corrected chi connectivity index (χ2v) is 4.27. The number of methoxy groups -OCH3 is 1. The van der Waals surface area contributed by atoms with E-state index in [1.54, 1.807) is 23.1 Å². The number of carboxylic acids is 1. The van der Waals surface area contributed by atoms with Crippen molar-refractivity contribution in [2.24, 2.45) is 0 Å². The Labute approximate surface area is 105 Å². The van der Waals surface area contributed by atoms with E-state index in [-0.39, 0.29) is 5.91 Å². The number of hydrogen-bond acceptors (Lipinski definition) is 3. The molecule has 5 nitrogen and oxygen atoms in total. The molecule has 1 amide bonds. The Bertz CT molecular complexity index is 498. The molecule has 1 aliphatic heterocycles. The minimum atomic E-state index is -0.857. The van der Waals surface area contributed by atoms with Crippen molar-refractivity contribution in [3.8, 4) is 5.75 Å². The topological polar surface area (TPSA) is 66.8 Å². The van der Waals surface area contributed by atoms with Gasteiger partial charge in [-0.05, 0) is 18.1 Å². The van der Waals surface area contributed by atoms with Gasteiger partial charge < -0.3 is 14.7 Å². The maximum absolute atomic E-state index is 11.6. The summed E-state index contributed by atoms with van der Waals surface area (Å²) in [6, 6.07) is 5.16. The molecule has 96 valence electrons. The Hall–Kier alpha value is -2.04. The molecule has 1 aliphatic rings. The second kappa shape index (κ2) is 4.68. The van der Waals surface area contributed by atoms with Gasteiger partial charge in [0, 0.05) is 19.5 Å². The van der Waals surface area contributed by atoms with Crippen molar-refractivity contribution in [2.75, 3.05) is 18.6 Å². The Morgan fingerprint density at radius 2 is 2.17 bits per heavy atom. The molecular formula is C13H15NO4. The van der Waals surface area contributed by atoms with E-state index in [0.717, 1.165) is 0 Å². The lowest BCUT2D eigenvalue weighted by Gasteiger charge is -2.32. The molecule has 0 saturated carbocycles. The summed E-state index contributed by atoms with van der Waals surface area (Å²) in [7, 11) is 1.54. The van der Waals surface area contributed by atoms with Crippen molar-refractivity contribution in [2.45, 2.75) is 19.3 Å². The molecule has 1 unspecified atom stereocenters. The van der Waals surface area contributed by atoms with E-state index >= 15 is 0 Å². The molecule has 0 aromatic heterocycles. The summed E-state index contributed by atoms with van der Waals surface area (Å²) in [5.74, 6) is -0.884. The van der Waals surface area contributed by atoms with Gasteiger partial charge >= 0.3 is 5.97 Å². The van der Waals surface area contributed by atoms with Crippen molar-refractivity contribution < 1.29 is 19.4 Å². The Morgan fingerprint density at radius 1 is 1.44 bits per heavy atom. The number of rotatable bonds is 2. The number of ether oxygens (including phenoxy) is 1. The van der Waals surface area contributed by atoms with Crippen molar-refractivity contribution in [3.63, 3.8) is 0 Å². The summed E-state index contributed by atoms with van der Waals surface area (Å²) in [4.78, 5) is 24.4. The van der Waals surface area contributed by atoms with Gasteiger partial charge in [0.05, 0.1) is 18.7 Å². The number of carboxylic acid groups (broad SMARTS) is 1. The second-order valence-electron chi connectivity index (χ2n) is 4.27. The third-order valence-electron chi connectivity index (χ3n) is 3.22. The van der Waals surface area contributed by atoms with Crippen LogP contribution in [0.25, 0.3) is 0 Å². The standard InChI is InChI=1S/C13H15NO4/c1-8(15)14-6-5-11(13(16)17)10-4-3-9(18-2)7-12(10)14/h3-4,7,11H,5-6H2,1-2H3,(H,16,17). The van der Waals surface area contributed by atoms with E-state index in [0.29, 0.717) is 30.0 Å². The highest BCUT2D eigenvalue weighted by Crippen LogP contribution is 2.37. The lowest BCUT2D eigenvalue weighted by molar-refractivity contribution is -0.139. The first-order valence-corrected chi connectivity index (χ1v) is 5.73. The van der Waals surface area contributed by atoms with Gasteiger partial charge in [-0.25, -0.2) is 0 Å². The number of benzene rings is 1. The summed E-state index contributed by atoms with van der Waals surface area (Å²) >= 11 is 0. The summed E-state index contributed by atoms with van der Waals surface area (Å²) < 4.78 is 5.12. The fraction of sp³-hybridized carbons (Fsp3) is 0.385. The fourth-order valence-electron chi connectivity index (χ4n) is 2.30. The molecule has 1 heterocycles. The van der Waals surface area contributed by atoms with Crippen molar-refractivity contribution in [1.82, 2.24) is 0 Å². The van der Waals surface area contributed by atoms with E-state index in [2.05, 4.69) is 0 Å². The van der Waals surface area contributed by atoms with Crippen LogP contribution in [0.4, 0.5) is 5.69 Å². The molecule has 0 aliphatic carbocycles. The molecule has 1 aromatic rings. The maximum Gasteiger partial charge on any atom is 0.311 e. The molecule has 0 bridgehead atoms. The highest BCUT2D eigenvalue weighted by Gasteiger charge is 2.31. The van der Waals surface area contributed by atoms with Crippen LogP contribution in [0.15, 0.2) is 18.2 Å². The number of nitrogens with zero attached hydrogens (tertiary/aromatic N) is 1. The zero-order chi connectivity index (χ0) is 13.3. The predicted octanol–water partition coefficient (Wildman–Crippen LogP) is 1.62. The van der Waals surface area contributed by atoms with Crippen LogP contribution in [0.2, 0.25) is 0 Å². The van der Waals surface area contributed by atoms with Gasteiger partial charge in [0.15, 0.2) is 0 Å². The third-order valence-corrected chi connectivity index (χ3v) is 3.22. The minimum absolute atomic E-state index is 0.0895. The normalized spacial score (nSPS) is 18.1. The van der Waals surface area contributed by atoms with Crippen molar-refractivity contribution >= 4 is 17.6 Å². The number of carbonyl (C=O) groups is 2. The van der Waals surface area contributed by atoms with Gasteiger partial charge in [-0.2, -0.15) is 0 Å². The molecule has 18 heavy (non-hydrogen) atoms. The summed E-state index contributed by atoms with van der Waals surface area (Å²) in [5.41, 5.74) is 1.31. The van der Waals surface area contributed by atoms with Crippen LogP contribution in [0.1, 0.15) is 24.8 Å². The van der Waals surface area contributed by atoms with Crippen molar-refractivity contribution in [1.29, 1.82) is 0 Å². The Balaban J connectivity index is 2.52. The summed E-state index contributed by atoms with van der Waals surface area (Å²) in [5, 5.41) is 9.20. The van der Waals surface area contributed by atoms with Crippen LogP contribution in [0, 0.1) is 0 Å². The first-order valence-electron chi connectivity index (χ1n) is 5.73. The van der Waals surface area contributed by atoms with Gasteiger partial charge in [0.2, 0.25) is 5.91 Å². The molecule has 0 radical (unpaired) electrons. The zero-order valence-electron chi connectivity index (χ0n) is 10.3. The van der Waals surface area contributed by atoms with Crippen molar-refractivity contribution in [3.05, 3.63) is 23.8 Å². The van der Waals surface area contributed by atoms with Crippen LogP contribution < -0.4 is 9.64 Å².